The molecule has 7 nitrogen and oxygen atoms in total. The van der Waals surface area contributed by atoms with Crippen LogP contribution in [0.2, 0.25) is 0 Å². The maximum absolute atomic E-state index is 12.9. The number of nitrogens with zero attached hydrogens (tertiary/aromatic N) is 4. The summed E-state index contributed by atoms with van der Waals surface area (Å²) < 4.78 is 34.3. The van der Waals surface area contributed by atoms with Crippen LogP contribution in [0, 0.1) is 6.92 Å². The second-order valence-corrected chi connectivity index (χ2v) is 8.77. The van der Waals surface area contributed by atoms with Crippen LogP contribution in [0.1, 0.15) is 24.4 Å². The molecule has 2 aromatic carbocycles. The molecule has 0 spiro atoms. The minimum Gasteiger partial charge on any atom is -0.497 e. The SMILES string of the molecule is COc1ccc(S(=O)(=O)N2CCC(n3nnc4cc(C)ccc43)CC2)cc1. The first-order chi connectivity index (χ1) is 13.0. The second kappa shape index (κ2) is 6.94. The molecule has 0 N–H and O–H groups in total. The first-order valence-electron chi connectivity index (χ1n) is 8.95. The minimum absolute atomic E-state index is 0.153. The van der Waals surface area contributed by atoms with E-state index < -0.39 is 10.0 Å². The molecule has 0 aliphatic carbocycles. The van der Waals surface area contributed by atoms with E-state index in [2.05, 4.69) is 10.3 Å². The molecule has 0 saturated carbocycles. The molecule has 2 heterocycles. The third kappa shape index (κ3) is 3.30. The van der Waals surface area contributed by atoms with Crippen molar-refractivity contribution in [2.75, 3.05) is 20.2 Å². The Bertz CT molecular complexity index is 1050. The number of piperidine rings is 1. The molecular formula is C19H22N4O3S. The van der Waals surface area contributed by atoms with Crippen molar-refractivity contribution in [1.82, 2.24) is 19.3 Å². The zero-order valence-electron chi connectivity index (χ0n) is 15.4. The van der Waals surface area contributed by atoms with E-state index in [1.165, 1.54) is 0 Å². The molecule has 3 aromatic rings. The number of aromatic nitrogens is 3. The van der Waals surface area contributed by atoms with Crippen LogP contribution in [-0.2, 0) is 10.0 Å². The zero-order valence-corrected chi connectivity index (χ0v) is 16.2. The molecule has 0 atom stereocenters. The van der Waals surface area contributed by atoms with Gasteiger partial charge < -0.3 is 4.74 Å². The molecule has 0 amide bonds. The summed E-state index contributed by atoms with van der Waals surface area (Å²) in [4.78, 5) is 0.295. The summed E-state index contributed by atoms with van der Waals surface area (Å²) in [5.74, 6) is 0.640. The number of hydrogen-bond donors (Lipinski definition) is 0. The lowest BCUT2D eigenvalue weighted by atomic mass is 10.1. The highest BCUT2D eigenvalue weighted by Crippen LogP contribution is 2.29. The lowest BCUT2D eigenvalue weighted by Gasteiger charge is -2.31. The highest BCUT2D eigenvalue weighted by atomic mass is 32.2. The van der Waals surface area contributed by atoms with E-state index >= 15 is 0 Å². The summed E-state index contributed by atoms with van der Waals surface area (Å²) in [6.07, 6.45) is 1.42. The fourth-order valence-electron chi connectivity index (χ4n) is 3.55. The van der Waals surface area contributed by atoms with Crippen molar-refractivity contribution < 1.29 is 13.2 Å². The predicted molar refractivity (Wildman–Crippen MR) is 102 cm³/mol. The molecule has 1 saturated heterocycles. The first-order valence-corrected chi connectivity index (χ1v) is 10.4. The molecule has 27 heavy (non-hydrogen) atoms. The van der Waals surface area contributed by atoms with Gasteiger partial charge in [0.25, 0.3) is 0 Å². The predicted octanol–water partition coefficient (Wildman–Crippen LogP) is 2.77. The highest BCUT2D eigenvalue weighted by Gasteiger charge is 2.31. The molecule has 1 aliphatic rings. The van der Waals surface area contributed by atoms with Crippen molar-refractivity contribution in [2.24, 2.45) is 0 Å². The van der Waals surface area contributed by atoms with E-state index in [9.17, 15) is 8.42 Å². The molecule has 1 aliphatic heterocycles. The van der Waals surface area contributed by atoms with Gasteiger partial charge in [0.05, 0.1) is 23.6 Å². The standard InChI is InChI=1S/C19H22N4O3S/c1-14-3-8-19-18(13-14)20-21-23(19)15-9-11-22(12-10-15)27(24,25)17-6-4-16(26-2)5-7-17/h3-8,13,15H,9-12H2,1-2H3. The first kappa shape index (κ1) is 17.9. The summed E-state index contributed by atoms with van der Waals surface area (Å²) in [6, 6.07) is 12.8. The van der Waals surface area contributed by atoms with Crippen molar-refractivity contribution in [3.05, 3.63) is 48.0 Å². The van der Waals surface area contributed by atoms with Gasteiger partial charge in [0.15, 0.2) is 0 Å². The summed E-state index contributed by atoms with van der Waals surface area (Å²) in [5.41, 5.74) is 3.02. The number of aryl methyl sites for hydroxylation is 1. The number of benzene rings is 2. The molecule has 1 fully saturated rings. The van der Waals surface area contributed by atoms with E-state index in [1.54, 1.807) is 35.7 Å². The van der Waals surface area contributed by atoms with E-state index in [0.29, 0.717) is 36.6 Å². The molecule has 0 radical (unpaired) electrons. The van der Waals surface area contributed by atoms with Crippen molar-refractivity contribution in [3.63, 3.8) is 0 Å². The molecular weight excluding hydrogens is 364 g/mol. The Labute approximate surface area is 158 Å². The number of sulfonamides is 1. The maximum atomic E-state index is 12.9. The third-order valence-electron chi connectivity index (χ3n) is 5.09. The van der Waals surface area contributed by atoms with Gasteiger partial charge in [0, 0.05) is 13.1 Å². The molecule has 0 bridgehead atoms. The summed E-state index contributed by atoms with van der Waals surface area (Å²) >= 11 is 0. The van der Waals surface area contributed by atoms with Crippen molar-refractivity contribution in [2.45, 2.75) is 30.7 Å². The van der Waals surface area contributed by atoms with Crippen LogP contribution in [0.3, 0.4) is 0 Å². The van der Waals surface area contributed by atoms with Crippen molar-refractivity contribution in [3.8, 4) is 5.75 Å². The van der Waals surface area contributed by atoms with Gasteiger partial charge >= 0.3 is 0 Å². The van der Waals surface area contributed by atoms with Crippen LogP contribution in [0.15, 0.2) is 47.4 Å². The van der Waals surface area contributed by atoms with E-state index in [4.69, 9.17) is 4.74 Å². The number of rotatable bonds is 4. The topological polar surface area (TPSA) is 77.3 Å². The van der Waals surface area contributed by atoms with E-state index in [1.807, 2.05) is 29.8 Å². The van der Waals surface area contributed by atoms with Crippen LogP contribution in [-0.4, -0.2) is 47.9 Å². The Morgan fingerprint density at radius 1 is 1.07 bits per heavy atom. The van der Waals surface area contributed by atoms with Gasteiger partial charge in [-0.25, -0.2) is 13.1 Å². The Balaban J connectivity index is 1.50. The Hall–Kier alpha value is -2.45. The number of methoxy groups -OCH3 is 1. The van der Waals surface area contributed by atoms with Gasteiger partial charge in [-0.3, -0.25) is 0 Å². The van der Waals surface area contributed by atoms with Gasteiger partial charge in [0.2, 0.25) is 10.0 Å². The van der Waals surface area contributed by atoms with Crippen LogP contribution in [0.5, 0.6) is 5.75 Å². The van der Waals surface area contributed by atoms with Gasteiger partial charge in [-0.2, -0.15) is 4.31 Å². The maximum Gasteiger partial charge on any atom is 0.243 e. The lowest BCUT2D eigenvalue weighted by molar-refractivity contribution is 0.263. The lowest BCUT2D eigenvalue weighted by Crippen LogP contribution is -2.39. The molecule has 8 heteroatoms. The summed E-state index contributed by atoms with van der Waals surface area (Å²) in [7, 11) is -1.94. The normalized spacial score (nSPS) is 16.7. The monoisotopic (exact) mass is 386 g/mol. The molecule has 4 rings (SSSR count). The van der Waals surface area contributed by atoms with Crippen LogP contribution in [0.4, 0.5) is 0 Å². The van der Waals surface area contributed by atoms with Crippen molar-refractivity contribution >= 4 is 21.1 Å². The Morgan fingerprint density at radius 3 is 2.44 bits per heavy atom. The molecule has 1 aromatic heterocycles. The minimum atomic E-state index is -3.49. The van der Waals surface area contributed by atoms with Gasteiger partial charge in [-0.05, 0) is 61.7 Å². The van der Waals surface area contributed by atoms with E-state index in [-0.39, 0.29) is 6.04 Å². The van der Waals surface area contributed by atoms with Crippen LogP contribution >= 0.6 is 0 Å². The molecule has 0 unspecified atom stereocenters. The van der Waals surface area contributed by atoms with E-state index in [0.717, 1.165) is 16.6 Å². The van der Waals surface area contributed by atoms with Gasteiger partial charge in [-0.15, -0.1) is 5.10 Å². The fraction of sp³-hybridized carbons (Fsp3) is 0.368. The number of ether oxygens (including phenoxy) is 1. The third-order valence-corrected chi connectivity index (χ3v) is 7.01. The average molecular weight is 386 g/mol. The largest absolute Gasteiger partial charge is 0.497 e. The van der Waals surface area contributed by atoms with Gasteiger partial charge in [0.1, 0.15) is 11.3 Å². The number of hydrogen-bond acceptors (Lipinski definition) is 5. The van der Waals surface area contributed by atoms with Crippen LogP contribution in [0.25, 0.3) is 11.0 Å². The quantitative estimate of drug-likeness (QED) is 0.689. The Morgan fingerprint density at radius 2 is 1.78 bits per heavy atom. The summed E-state index contributed by atoms with van der Waals surface area (Å²) in [5, 5.41) is 8.57. The highest BCUT2D eigenvalue weighted by molar-refractivity contribution is 7.89. The van der Waals surface area contributed by atoms with Gasteiger partial charge in [-0.1, -0.05) is 11.3 Å². The number of fused-ring (bicyclic) bond motifs is 1. The Kier molecular flexibility index (Phi) is 4.61. The van der Waals surface area contributed by atoms with Crippen LogP contribution < -0.4 is 4.74 Å². The average Bonchev–Trinajstić information content (AvgIpc) is 3.11. The molecule has 142 valence electrons. The summed E-state index contributed by atoms with van der Waals surface area (Å²) in [6.45, 7) is 2.96. The van der Waals surface area contributed by atoms with Crippen molar-refractivity contribution in [1.29, 1.82) is 0 Å². The fourth-order valence-corrected chi connectivity index (χ4v) is 5.02. The second-order valence-electron chi connectivity index (χ2n) is 6.84. The smallest absolute Gasteiger partial charge is 0.243 e. The zero-order chi connectivity index (χ0) is 19.0.